The van der Waals surface area contributed by atoms with E-state index in [0.717, 1.165) is 19.0 Å². The minimum absolute atomic E-state index is 0.145. The van der Waals surface area contributed by atoms with E-state index in [1.165, 1.54) is 31.9 Å². The van der Waals surface area contributed by atoms with Gasteiger partial charge >= 0.3 is 0 Å². The average Bonchev–Trinajstić information content (AvgIpc) is 2.33. The molecule has 0 aromatic carbocycles. The summed E-state index contributed by atoms with van der Waals surface area (Å²) in [6.07, 6.45) is 6.12. The average molecular weight is 303 g/mol. The third-order valence-corrected chi connectivity index (χ3v) is 4.85. The van der Waals surface area contributed by atoms with Crippen molar-refractivity contribution >= 4 is 15.8 Å². The Morgan fingerprint density at radius 2 is 2.15 bits per heavy atom. The van der Waals surface area contributed by atoms with E-state index in [2.05, 4.69) is 29.1 Å². The van der Waals surface area contributed by atoms with Crippen LogP contribution in [0.2, 0.25) is 0 Å². The van der Waals surface area contributed by atoms with Crippen molar-refractivity contribution in [2.24, 2.45) is 10.4 Å². The molecule has 0 aliphatic carbocycles. The summed E-state index contributed by atoms with van der Waals surface area (Å²) in [5.41, 5.74) is 0.349. The highest BCUT2D eigenvalue weighted by Crippen LogP contribution is 2.33. The Morgan fingerprint density at radius 1 is 1.45 bits per heavy atom. The first-order valence-corrected chi connectivity index (χ1v) is 9.49. The fourth-order valence-electron chi connectivity index (χ4n) is 2.98. The summed E-state index contributed by atoms with van der Waals surface area (Å²) in [6, 6.07) is 0. The van der Waals surface area contributed by atoms with Gasteiger partial charge in [-0.05, 0) is 24.7 Å². The van der Waals surface area contributed by atoms with Gasteiger partial charge in [-0.3, -0.25) is 4.99 Å². The van der Waals surface area contributed by atoms with Gasteiger partial charge in [0.25, 0.3) is 0 Å². The molecular formula is C14H29N3O2S. The minimum atomic E-state index is -2.93. The normalized spacial score (nSPS) is 24.8. The summed E-state index contributed by atoms with van der Waals surface area (Å²) in [6.45, 7) is 6.99. The number of piperidine rings is 1. The van der Waals surface area contributed by atoms with Gasteiger partial charge in [0.2, 0.25) is 0 Å². The number of hydrogen-bond donors (Lipinski definition) is 1. The maximum absolute atomic E-state index is 11.2. The van der Waals surface area contributed by atoms with E-state index < -0.39 is 9.84 Å². The predicted molar refractivity (Wildman–Crippen MR) is 84.9 cm³/mol. The molecule has 1 aliphatic rings. The first-order valence-electron chi connectivity index (χ1n) is 7.43. The third-order valence-electron chi connectivity index (χ3n) is 3.90. The van der Waals surface area contributed by atoms with E-state index in [1.54, 1.807) is 7.05 Å². The molecule has 1 aliphatic heterocycles. The van der Waals surface area contributed by atoms with E-state index in [0.29, 0.717) is 12.0 Å². The Kier molecular flexibility index (Phi) is 6.30. The Labute approximate surface area is 123 Å². The second-order valence-corrected chi connectivity index (χ2v) is 8.45. The van der Waals surface area contributed by atoms with Gasteiger partial charge in [-0.1, -0.05) is 20.3 Å². The lowest BCUT2D eigenvalue weighted by Crippen LogP contribution is -2.50. The molecule has 20 heavy (non-hydrogen) atoms. The van der Waals surface area contributed by atoms with Gasteiger partial charge in [0.15, 0.2) is 5.96 Å². The minimum Gasteiger partial charge on any atom is -0.355 e. The monoisotopic (exact) mass is 303 g/mol. The maximum atomic E-state index is 11.2. The molecule has 0 amide bonds. The van der Waals surface area contributed by atoms with Crippen molar-refractivity contribution in [3.05, 3.63) is 0 Å². The van der Waals surface area contributed by atoms with Gasteiger partial charge in [0, 0.05) is 32.9 Å². The lowest BCUT2D eigenvalue weighted by atomic mass is 9.78. The summed E-state index contributed by atoms with van der Waals surface area (Å²) >= 11 is 0. The molecule has 1 atom stereocenters. The van der Waals surface area contributed by atoms with Crippen molar-refractivity contribution in [3.8, 4) is 0 Å². The summed E-state index contributed by atoms with van der Waals surface area (Å²) in [5, 5.41) is 3.17. The van der Waals surface area contributed by atoms with Crippen LogP contribution in [0, 0.1) is 5.41 Å². The Balaban J connectivity index is 2.57. The molecule has 0 aromatic rings. The Bertz CT molecular complexity index is 430. The topological polar surface area (TPSA) is 61.8 Å². The van der Waals surface area contributed by atoms with Gasteiger partial charge < -0.3 is 10.2 Å². The molecule has 1 heterocycles. The SMILES string of the molecule is CCCC1(C)CCCN(C(=NC)NCCS(C)(=O)=O)C1. The van der Waals surface area contributed by atoms with Crippen molar-refractivity contribution in [1.82, 2.24) is 10.2 Å². The number of rotatable bonds is 5. The highest BCUT2D eigenvalue weighted by atomic mass is 32.2. The molecule has 5 nitrogen and oxygen atoms in total. The molecule has 0 radical (unpaired) electrons. The molecule has 0 bridgehead atoms. The highest BCUT2D eigenvalue weighted by molar-refractivity contribution is 7.90. The molecule has 1 unspecified atom stereocenters. The number of likely N-dealkylation sites (tertiary alicyclic amines) is 1. The van der Waals surface area contributed by atoms with Gasteiger partial charge in [-0.2, -0.15) is 0 Å². The number of nitrogens with one attached hydrogen (secondary N) is 1. The second-order valence-electron chi connectivity index (χ2n) is 6.19. The van der Waals surface area contributed by atoms with Crippen LogP contribution in [0.25, 0.3) is 0 Å². The molecule has 1 fully saturated rings. The van der Waals surface area contributed by atoms with Crippen LogP contribution >= 0.6 is 0 Å². The van der Waals surface area contributed by atoms with Crippen molar-refractivity contribution in [2.75, 3.05) is 38.7 Å². The van der Waals surface area contributed by atoms with Crippen LogP contribution in [0.3, 0.4) is 0 Å². The van der Waals surface area contributed by atoms with Crippen LogP contribution in [-0.4, -0.2) is 58.0 Å². The van der Waals surface area contributed by atoms with E-state index in [4.69, 9.17) is 0 Å². The molecular weight excluding hydrogens is 274 g/mol. The zero-order chi connectivity index (χ0) is 15.2. The number of guanidine groups is 1. The maximum Gasteiger partial charge on any atom is 0.193 e. The van der Waals surface area contributed by atoms with Crippen molar-refractivity contribution in [2.45, 2.75) is 39.5 Å². The smallest absolute Gasteiger partial charge is 0.193 e. The van der Waals surface area contributed by atoms with Gasteiger partial charge in [-0.25, -0.2) is 8.42 Å². The van der Waals surface area contributed by atoms with E-state index in [9.17, 15) is 8.42 Å². The van der Waals surface area contributed by atoms with Gasteiger partial charge in [0.05, 0.1) is 5.75 Å². The molecule has 6 heteroatoms. The van der Waals surface area contributed by atoms with Gasteiger partial charge in [0.1, 0.15) is 9.84 Å². The van der Waals surface area contributed by atoms with E-state index >= 15 is 0 Å². The number of hydrogen-bond acceptors (Lipinski definition) is 3. The van der Waals surface area contributed by atoms with Crippen LogP contribution in [-0.2, 0) is 9.84 Å². The van der Waals surface area contributed by atoms with Crippen molar-refractivity contribution in [3.63, 3.8) is 0 Å². The van der Waals surface area contributed by atoms with Crippen molar-refractivity contribution < 1.29 is 8.42 Å². The Hall–Kier alpha value is -0.780. The molecule has 118 valence electrons. The first-order chi connectivity index (χ1) is 9.29. The van der Waals surface area contributed by atoms with Gasteiger partial charge in [-0.15, -0.1) is 0 Å². The van der Waals surface area contributed by atoms with Crippen LogP contribution in [0.5, 0.6) is 0 Å². The molecule has 1 rings (SSSR count). The van der Waals surface area contributed by atoms with E-state index in [1.807, 2.05) is 0 Å². The van der Waals surface area contributed by atoms with Crippen molar-refractivity contribution in [1.29, 1.82) is 0 Å². The fraction of sp³-hybridized carbons (Fsp3) is 0.929. The Morgan fingerprint density at radius 3 is 2.70 bits per heavy atom. The third kappa shape index (κ3) is 5.69. The summed E-state index contributed by atoms with van der Waals surface area (Å²) in [7, 11) is -1.17. The zero-order valence-corrected chi connectivity index (χ0v) is 14.1. The van der Waals surface area contributed by atoms with E-state index in [-0.39, 0.29) is 5.75 Å². The summed E-state index contributed by atoms with van der Waals surface area (Å²) in [5.74, 6) is 0.974. The largest absolute Gasteiger partial charge is 0.355 e. The molecule has 0 spiro atoms. The molecule has 0 saturated carbocycles. The fourth-order valence-corrected chi connectivity index (χ4v) is 3.46. The quantitative estimate of drug-likeness (QED) is 0.618. The standard InChI is InChI=1S/C14H29N3O2S/c1-5-7-14(2)8-6-10-17(12-14)13(15-3)16-9-11-20(4,18)19/h5-12H2,1-4H3,(H,15,16). The summed E-state index contributed by atoms with van der Waals surface area (Å²) < 4.78 is 22.3. The molecule has 1 saturated heterocycles. The zero-order valence-electron chi connectivity index (χ0n) is 13.3. The lowest BCUT2D eigenvalue weighted by molar-refractivity contribution is 0.143. The summed E-state index contributed by atoms with van der Waals surface area (Å²) in [4.78, 5) is 6.56. The number of aliphatic imine (C=N–C) groups is 1. The lowest BCUT2D eigenvalue weighted by Gasteiger charge is -2.42. The number of nitrogens with zero attached hydrogens (tertiary/aromatic N) is 2. The van der Waals surface area contributed by atoms with Crippen LogP contribution in [0.1, 0.15) is 39.5 Å². The number of sulfone groups is 1. The van der Waals surface area contributed by atoms with Crippen LogP contribution in [0.4, 0.5) is 0 Å². The first kappa shape index (κ1) is 17.3. The highest BCUT2D eigenvalue weighted by Gasteiger charge is 2.31. The van der Waals surface area contributed by atoms with Crippen LogP contribution < -0.4 is 5.32 Å². The molecule has 1 N–H and O–H groups in total. The second kappa shape index (κ2) is 7.29. The molecule has 0 aromatic heterocycles. The van der Waals surface area contributed by atoms with Crippen LogP contribution in [0.15, 0.2) is 4.99 Å². The predicted octanol–water partition coefficient (Wildman–Crippen LogP) is 1.51.